The van der Waals surface area contributed by atoms with E-state index < -0.39 is 0 Å². The van der Waals surface area contributed by atoms with Crippen LogP contribution in [0.4, 0.5) is 10.8 Å². The first kappa shape index (κ1) is 15.7. The summed E-state index contributed by atoms with van der Waals surface area (Å²) in [6, 6.07) is 19.7. The number of aromatic nitrogens is 3. The molecule has 0 amide bonds. The van der Waals surface area contributed by atoms with Crippen LogP contribution in [0.15, 0.2) is 82.9 Å². The highest BCUT2D eigenvalue weighted by molar-refractivity contribution is 7.14. The van der Waals surface area contributed by atoms with Crippen LogP contribution in [0, 0.1) is 0 Å². The number of benzene rings is 2. The third-order valence-electron chi connectivity index (χ3n) is 4.12. The van der Waals surface area contributed by atoms with Crippen LogP contribution in [0.5, 0.6) is 0 Å². The molecule has 0 radical (unpaired) electrons. The van der Waals surface area contributed by atoms with Gasteiger partial charge in [-0.3, -0.25) is 4.98 Å². The van der Waals surface area contributed by atoms with Gasteiger partial charge in [0.25, 0.3) is 0 Å². The monoisotopic (exact) mass is 370 g/mol. The SMILES string of the molecule is c1ccc(-c2nc3cc(Nc4nc(-c5cccnc5)cs4)ccc3o2)cc1. The van der Waals surface area contributed by atoms with Crippen molar-refractivity contribution in [3.05, 3.63) is 78.4 Å². The molecule has 0 unspecified atom stereocenters. The zero-order chi connectivity index (χ0) is 18.1. The summed E-state index contributed by atoms with van der Waals surface area (Å²) in [4.78, 5) is 13.4. The number of pyridine rings is 1. The van der Waals surface area contributed by atoms with Gasteiger partial charge in [0.1, 0.15) is 5.52 Å². The van der Waals surface area contributed by atoms with Gasteiger partial charge in [0.05, 0.1) is 5.69 Å². The van der Waals surface area contributed by atoms with Crippen molar-refractivity contribution in [1.82, 2.24) is 15.0 Å². The minimum atomic E-state index is 0.621. The van der Waals surface area contributed by atoms with Gasteiger partial charge in [-0.1, -0.05) is 18.2 Å². The molecule has 5 nitrogen and oxygen atoms in total. The summed E-state index contributed by atoms with van der Waals surface area (Å²) >= 11 is 1.55. The van der Waals surface area contributed by atoms with Crippen molar-refractivity contribution >= 4 is 33.3 Å². The first-order valence-electron chi connectivity index (χ1n) is 8.44. The average molecular weight is 370 g/mol. The molecule has 0 spiro atoms. The Hall–Kier alpha value is -3.51. The van der Waals surface area contributed by atoms with Crippen LogP contribution in [-0.4, -0.2) is 15.0 Å². The molecule has 6 heteroatoms. The van der Waals surface area contributed by atoms with Crippen molar-refractivity contribution in [3.8, 4) is 22.7 Å². The summed E-state index contributed by atoms with van der Waals surface area (Å²) in [5.41, 5.74) is 5.36. The molecule has 0 aliphatic rings. The molecule has 0 fully saturated rings. The molecule has 0 saturated heterocycles. The third kappa shape index (κ3) is 3.18. The number of nitrogens with zero attached hydrogens (tertiary/aromatic N) is 3. The van der Waals surface area contributed by atoms with Crippen LogP contribution in [0.1, 0.15) is 0 Å². The van der Waals surface area contributed by atoms with E-state index in [-0.39, 0.29) is 0 Å². The van der Waals surface area contributed by atoms with Gasteiger partial charge >= 0.3 is 0 Å². The molecule has 0 atom stereocenters. The maximum atomic E-state index is 5.86. The number of fused-ring (bicyclic) bond motifs is 1. The van der Waals surface area contributed by atoms with Crippen LogP contribution in [-0.2, 0) is 0 Å². The van der Waals surface area contributed by atoms with Crippen LogP contribution >= 0.6 is 11.3 Å². The molecule has 0 aliphatic heterocycles. The van der Waals surface area contributed by atoms with E-state index in [9.17, 15) is 0 Å². The Balaban J connectivity index is 1.42. The molecule has 5 rings (SSSR count). The van der Waals surface area contributed by atoms with Crippen LogP contribution in [0.3, 0.4) is 0 Å². The van der Waals surface area contributed by atoms with Gasteiger partial charge in [0.15, 0.2) is 10.7 Å². The van der Waals surface area contributed by atoms with Crippen LogP contribution < -0.4 is 5.32 Å². The number of nitrogens with one attached hydrogen (secondary N) is 1. The lowest BCUT2D eigenvalue weighted by atomic mass is 10.2. The molecule has 3 heterocycles. The van der Waals surface area contributed by atoms with E-state index in [0.717, 1.165) is 38.7 Å². The van der Waals surface area contributed by atoms with Gasteiger partial charge in [-0.2, -0.15) is 0 Å². The highest BCUT2D eigenvalue weighted by Gasteiger charge is 2.10. The predicted octanol–water partition coefficient (Wildman–Crippen LogP) is 5.76. The van der Waals surface area contributed by atoms with Crippen molar-refractivity contribution < 1.29 is 4.42 Å². The standard InChI is InChI=1S/C21H14N4OS/c1-2-5-14(6-3-1)20-24-17-11-16(8-9-19(17)26-20)23-21-25-18(13-27-21)15-7-4-10-22-12-15/h1-13H,(H,23,25). The highest BCUT2D eigenvalue weighted by Crippen LogP contribution is 2.29. The largest absolute Gasteiger partial charge is 0.436 e. The molecule has 0 aliphatic carbocycles. The Labute approximate surface area is 159 Å². The van der Waals surface area contributed by atoms with E-state index in [1.807, 2.05) is 72.2 Å². The number of anilines is 2. The second kappa shape index (κ2) is 6.66. The van der Waals surface area contributed by atoms with Crippen molar-refractivity contribution in [3.63, 3.8) is 0 Å². The fourth-order valence-electron chi connectivity index (χ4n) is 2.81. The number of hydrogen-bond acceptors (Lipinski definition) is 6. The third-order valence-corrected chi connectivity index (χ3v) is 4.88. The topological polar surface area (TPSA) is 63.8 Å². The Kier molecular flexibility index (Phi) is 3.88. The lowest BCUT2D eigenvalue weighted by molar-refractivity contribution is 0.620. The Morgan fingerprint density at radius 3 is 2.63 bits per heavy atom. The minimum absolute atomic E-state index is 0.621. The van der Waals surface area contributed by atoms with E-state index in [4.69, 9.17) is 4.42 Å². The summed E-state index contributed by atoms with van der Waals surface area (Å²) in [5, 5.41) is 6.18. The van der Waals surface area contributed by atoms with Crippen LogP contribution in [0.25, 0.3) is 33.8 Å². The van der Waals surface area contributed by atoms with E-state index in [1.165, 1.54) is 0 Å². The van der Waals surface area contributed by atoms with E-state index in [2.05, 4.69) is 20.3 Å². The maximum absolute atomic E-state index is 5.86. The predicted molar refractivity (Wildman–Crippen MR) is 108 cm³/mol. The summed E-state index contributed by atoms with van der Waals surface area (Å²) in [5.74, 6) is 0.621. The van der Waals surface area contributed by atoms with Gasteiger partial charge < -0.3 is 9.73 Å². The number of rotatable bonds is 4. The summed E-state index contributed by atoms with van der Waals surface area (Å²) in [6.07, 6.45) is 3.57. The fourth-order valence-corrected chi connectivity index (χ4v) is 3.55. The molecule has 1 N–H and O–H groups in total. The van der Waals surface area contributed by atoms with Gasteiger partial charge in [-0.25, -0.2) is 9.97 Å². The molecular weight excluding hydrogens is 356 g/mol. The second-order valence-electron chi connectivity index (χ2n) is 5.97. The van der Waals surface area contributed by atoms with Gasteiger partial charge in [0, 0.05) is 34.6 Å². The first-order valence-corrected chi connectivity index (χ1v) is 9.32. The number of thiazole rings is 1. The molecular formula is C21H14N4OS. The van der Waals surface area contributed by atoms with Crippen molar-refractivity contribution in [2.45, 2.75) is 0 Å². The zero-order valence-corrected chi connectivity index (χ0v) is 15.0. The van der Waals surface area contributed by atoms with Gasteiger partial charge in [-0.05, 0) is 42.5 Å². The molecule has 3 aromatic heterocycles. The summed E-state index contributed by atoms with van der Waals surface area (Å²) < 4.78 is 5.86. The smallest absolute Gasteiger partial charge is 0.227 e. The number of hydrogen-bond donors (Lipinski definition) is 1. The summed E-state index contributed by atoms with van der Waals surface area (Å²) in [7, 11) is 0. The molecule has 27 heavy (non-hydrogen) atoms. The Morgan fingerprint density at radius 2 is 1.78 bits per heavy atom. The Morgan fingerprint density at radius 1 is 0.889 bits per heavy atom. The molecule has 0 bridgehead atoms. The van der Waals surface area contributed by atoms with Crippen molar-refractivity contribution in [1.29, 1.82) is 0 Å². The van der Waals surface area contributed by atoms with Gasteiger partial charge in [0.2, 0.25) is 5.89 Å². The molecule has 2 aromatic carbocycles. The summed E-state index contributed by atoms with van der Waals surface area (Å²) in [6.45, 7) is 0. The van der Waals surface area contributed by atoms with E-state index in [1.54, 1.807) is 17.5 Å². The lowest BCUT2D eigenvalue weighted by Crippen LogP contribution is -1.89. The molecule has 0 saturated carbocycles. The molecule has 5 aromatic rings. The van der Waals surface area contributed by atoms with Crippen molar-refractivity contribution in [2.24, 2.45) is 0 Å². The van der Waals surface area contributed by atoms with E-state index in [0.29, 0.717) is 5.89 Å². The lowest BCUT2D eigenvalue weighted by Gasteiger charge is -2.01. The second-order valence-corrected chi connectivity index (χ2v) is 6.83. The average Bonchev–Trinajstić information content (AvgIpc) is 3.36. The van der Waals surface area contributed by atoms with E-state index >= 15 is 0 Å². The number of oxazole rings is 1. The quantitative estimate of drug-likeness (QED) is 0.436. The first-order chi connectivity index (χ1) is 13.3. The molecule has 130 valence electrons. The normalized spacial score (nSPS) is 11.0. The maximum Gasteiger partial charge on any atom is 0.227 e. The zero-order valence-electron chi connectivity index (χ0n) is 14.2. The van der Waals surface area contributed by atoms with Crippen molar-refractivity contribution in [2.75, 3.05) is 5.32 Å². The minimum Gasteiger partial charge on any atom is -0.436 e. The van der Waals surface area contributed by atoms with Crippen LogP contribution in [0.2, 0.25) is 0 Å². The fraction of sp³-hybridized carbons (Fsp3) is 0. The highest BCUT2D eigenvalue weighted by atomic mass is 32.1. The van der Waals surface area contributed by atoms with Gasteiger partial charge in [-0.15, -0.1) is 11.3 Å². The Bertz CT molecular complexity index is 1200.